The minimum absolute atomic E-state index is 0. The Morgan fingerprint density at radius 3 is 2.17 bits per heavy atom. The van der Waals surface area contributed by atoms with Gasteiger partial charge >= 0.3 is 35.0 Å². The monoisotopic (exact) mass is 716 g/mol. The van der Waals surface area contributed by atoms with Crippen molar-refractivity contribution in [2.24, 2.45) is 35.5 Å². The van der Waals surface area contributed by atoms with Crippen molar-refractivity contribution in [3.8, 4) is 0 Å². The quantitative estimate of drug-likeness (QED) is 0.104. The summed E-state index contributed by atoms with van der Waals surface area (Å²) in [6.45, 7) is 16.2. The molecular formula is C41H48MgN4O6-2. The predicted octanol–water partition coefficient (Wildman–Crippen LogP) is 7.92. The molecule has 6 atom stereocenters. The van der Waals surface area contributed by atoms with Crippen molar-refractivity contribution in [3.63, 3.8) is 0 Å². The van der Waals surface area contributed by atoms with Gasteiger partial charge in [-0.25, -0.2) is 0 Å². The van der Waals surface area contributed by atoms with Crippen molar-refractivity contribution in [3.05, 3.63) is 78.5 Å². The van der Waals surface area contributed by atoms with Crippen LogP contribution in [0.2, 0.25) is 0 Å². The maximum atomic E-state index is 14.2. The molecule has 0 saturated carbocycles. The van der Waals surface area contributed by atoms with Crippen molar-refractivity contribution in [2.45, 2.75) is 87.5 Å². The van der Waals surface area contributed by atoms with Gasteiger partial charge in [-0.2, -0.15) is 22.8 Å². The molecule has 0 spiro atoms. The van der Waals surface area contributed by atoms with Crippen molar-refractivity contribution in [1.82, 2.24) is 9.97 Å². The maximum absolute atomic E-state index is 14.2. The van der Waals surface area contributed by atoms with Crippen LogP contribution in [-0.2, 0) is 19.1 Å². The van der Waals surface area contributed by atoms with Gasteiger partial charge in [0.15, 0.2) is 11.6 Å². The van der Waals surface area contributed by atoms with Crippen LogP contribution in [0.4, 0.5) is 0 Å². The third kappa shape index (κ3) is 6.86. The van der Waals surface area contributed by atoms with Crippen LogP contribution < -0.4 is 9.97 Å². The Balaban J connectivity index is 0.00000523. The van der Waals surface area contributed by atoms with Gasteiger partial charge in [0.05, 0.1) is 13.7 Å². The van der Waals surface area contributed by atoms with Crippen molar-refractivity contribution < 1.29 is 28.7 Å². The molecule has 52 heavy (non-hydrogen) atoms. The molecule has 2 fully saturated rings. The number of nitrogens with zero attached hydrogens (tertiary/aromatic N) is 4. The third-order valence-corrected chi connectivity index (χ3v) is 11.5. The molecule has 2 saturated heterocycles. The zero-order chi connectivity index (χ0) is 36.9. The van der Waals surface area contributed by atoms with Crippen LogP contribution in [0.3, 0.4) is 0 Å². The van der Waals surface area contributed by atoms with Gasteiger partial charge in [-0.3, -0.25) is 19.2 Å². The van der Waals surface area contributed by atoms with E-state index in [0.29, 0.717) is 75.4 Å². The topological polar surface area (TPSA) is 143 Å². The van der Waals surface area contributed by atoms with Crippen LogP contribution in [0.1, 0.15) is 128 Å². The molecule has 6 rings (SSSR count). The van der Waals surface area contributed by atoms with Crippen LogP contribution >= 0.6 is 0 Å². The van der Waals surface area contributed by atoms with Gasteiger partial charge in [-0.1, -0.05) is 82.4 Å². The van der Waals surface area contributed by atoms with Crippen molar-refractivity contribution in [2.75, 3.05) is 13.7 Å². The molecule has 0 aromatic carbocycles. The molecule has 10 nitrogen and oxygen atoms in total. The number of Topliss-reactive ketones (excluding diaryl/α,β-unsaturated/α-hetero) is 2. The van der Waals surface area contributed by atoms with Crippen LogP contribution in [0.15, 0.2) is 22.8 Å². The average molecular weight is 717 g/mol. The van der Waals surface area contributed by atoms with E-state index in [9.17, 15) is 19.2 Å². The molecule has 4 aliphatic rings. The summed E-state index contributed by atoms with van der Waals surface area (Å²) >= 11 is 0. The number of ketones is 2. The van der Waals surface area contributed by atoms with Crippen molar-refractivity contribution in [1.29, 1.82) is 0 Å². The van der Waals surface area contributed by atoms with E-state index in [4.69, 9.17) is 30.1 Å². The molecule has 6 unspecified atom stereocenters. The van der Waals surface area contributed by atoms with Gasteiger partial charge in [0.2, 0.25) is 0 Å². The van der Waals surface area contributed by atoms with E-state index >= 15 is 0 Å². The number of hydrogen-bond acceptors (Lipinski definition) is 6. The number of methoxy groups -OCH3 is 1. The first-order valence-electron chi connectivity index (χ1n) is 18.3. The fourth-order valence-electron chi connectivity index (χ4n) is 8.09. The summed E-state index contributed by atoms with van der Waals surface area (Å²) in [5.74, 6) is -2.61. The summed E-state index contributed by atoms with van der Waals surface area (Å²) in [4.78, 5) is 63.7. The van der Waals surface area contributed by atoms with Gasteiger partial charge in [0.1, 0.15) is 5.92 Å². The van der Waals surface area contributed by atoms with E-state index in [1.807, 2.05) is 39.0 Å². The largest absolute Gasteiger partial charge is 2.00 e. The normalized spacial score (nSPS) is 28.0. The molecule has 272 valence electrons. The van der Waals surface area contributed by atoms with Gasteiger partial charge in [0.25, 0.3) is 0 Å². The number of carbonyl (C=O) groups excluding carboxylic acids is 4. The summed E-state index contributed by atoms with van der Waals surface area (Å²) in [7, 11) is 1.27. The standard InChI is InChI=1S/C41H50N4O6.Mg/c1-10-19(3)14-15-51-33(47)13-12-26-21(5)28-16-29-22(6)34(24(8)46)32(43-29)18-27-20(4)25(11-2)31(42-27)17-30-23(7)35-39(45-30)36(38(26)44-28)37(40(35)48)41(49)50-9;/h16-21,25-26,37H,10-15H2,1-9H3,(H2-2,42,43,44,45,46,48);/q-2;+2/p-2/b28-16-,31-17-;. The van der Waals surface area contributed by atoms with E-state index in [0.717, 1.165) is 36.2 Å². The van der Waals surface area contributed by atoms with Crippen molar-refractivity contribution >= 4 is 70.4 Å². The van der Waals surface area contributed by atoms with E-state index in [-0.39, 0.29) is 70.7 Å². The fourth-order valence-corrected chi connectivity index (χ4v) is 8.09. The van der Waals surface area contributed by atoms with Gasteiger partial charge in [0, 0.05) is 17.5 Å². The summed E-state index contributed by atoms with van der Waals surface area (Å²) in [6.07, 6.45) is 8.92. The van der Waals surface area contributed by atoms with E-state index in [1.165, 1.54) is 7.11 Å². The van der Waals surface area contributed by atoms with E-state index in [1.54, 1.807) is 6.92 Å². The number of esters is 2. The summed E-state index contributed by atoms with van der Waals surface area (Å²) in [5, 5.41) is 10.2. The van der Waals surface area contributed by atoms with E-state index in [2.05, 4.69) is 27.7 Å². The molecule has 0 N–H and O–H groups in total. The second kappa shape index (κ2) is 15.6. The fraction of sp³-hybridized carbons (Fsp3) is 0.512. The Labute approximate surface area is 322 Å². The molecule has 2 aromatic rings. The molecule has 3 aliphatic heterocycles. The zero-order valence-electron chi connectivity index (χ0n) is 31.9. The molecule has 0 amide bonds. The second-order valence-corrected chi connectivity index (χ2v) is 14.6. The number of ether oxygens (including phenoxy) is 2. The maximum Gasteiger partial charge on any atom is 2.00 e. The number of rotatable bonds is 10. The van der Waals surface area contributed by atoms with Crippen LogP contribution in [0, 0.1) is 49.4 Å². The second-order valence-electron chi connectivity index (χ2n) is 14.6. The first kappa shape index (κ1) is 39.4. The molecular weight excluding hydrogens is 669 g/mol. The Bertz CT molecular complexity index is 1930. The SMILES string of the molecule is CCC(C)CCOC(=O)CCC1/C2=C3/c4[n-]c(c(C)c4C(=O)C3C(=O)OC)/C=C3\[N-]/C(=C\c4[n-]c(c(C)c4C(C)=O)/C=C(\[N-]2)C1C)C(C)C3CC.[Mg+2]. The number of allylic oxidation sites excluding steroid dienone is 4. The van der Waals surface area contributed by atoms with Crippen LogP contribution in [0.25, 0.3) is 34.4 Å². The van der Waals surface area contributed by atoms with Gasteiger partial charge < -0.3 is 30.1 Å². The molecule has 5 heterocycles. The molecule has 11 heteroatoms. The number of fused-ring (bicyclic) bond motifs is 7. The molecule has 8 bridgehead atoms. The minimum Gasteiger partial charge on any atom is -0.664 e. The molecule has 2 aromatic heterocycles. The Morgan fingerprint density at radius 1 is 0.885 bits per heavy atom. The Kier molecular flexibility index (Phi) is 11.8. The Morgan fingerprint density at radius 2 is 1.52 bits per heavy atom. The summed E-state index contributed by atoms with van der Waals surface area (Å²) < 4.78 is 10.8. The third-order valence-electron chi connectivity index (χ3n) is 11.5. The summed E-state index contributed by atoms with van der Waals surface area (Å²) in [6, 6.07) is 0. The summed E-state index contributed by atoms with van der Waals surface area (Å²) in [5.41, 5.74) is 7.90. The van der Waals surface area contributed by atoms with Crippen LogP contribution in [0.5, 0.6) is 0 Å². The minimum atomic E-state index is -1.23. The Hall–Kier alpha value is -3.83. The molecule has 1 aliphatic carbocycles. The first-order valence-corrected chi connectivity index (χ1v) is 18.3. The van der Waals surface area contributed by atoms with Crippen LogP contribution in [-0.4, -0.2) is 60.3 Å². The predicted molar refractivity (Wildman–Crippen MR) is 202 cm³/mol. The first-order chi connectivity index (χ1) is 24.3. The average Bonchev–Trinajstić information content (AvgIpc) is 3.84. The van der Waals surface area contributed by atoms with Gasteiger partial charge in [-0.15, -0.1) is 22.8 Å². The zero-order valence-corrected chi connectivity index (χ0v) is 33.3. The van der Waals surface area contributed by atoms with Gasteiger partial charge in [-0.05, 0) is 63.2 Å². The molecule has 0 radical (unpaired) electrons. The smallest absolute Gasteiger partial charge is 0.664 e. The number of aromatic nitrogens is 2. The number of carbonyl (C=O) groups is 4. The van der Waals surface area contributed by atoms with E-state index < -0.39 is 11.9 Å². The number of hydrogen-bond donors (Lipinski definition) is 0.